The Bertz CT molecular complexity index is 2170. The molecule has 8 rings (SSSR count). The molecule has 262 valence electrons. The second kappa shape index (κ2) is 12.5. The number of allylic oxidation sites excluding steroid dienone is 2. The number of halogens is 1. The number of aromatic hydroxyl groups is 1. The number of rotatable bonds is 7. The van der Waals surface area contributed by atoms with Gasteiger partial charge in [0.2, 0.25) is 29.4 Å². The molecule has 4 aromatic carbocycles. The van der Waals surface area contributed by atoms with Crippen molar-refractivity contribution < 1.29 is 33.8 Å². The van der Waals surface area contributed by atoms with E-state index < -0.39 is 46.8 Å². The molecule has 10 heteroatoms. The van der Waals surface area contributed by atoms with Crippen LogP contribution < -0.4 is 19.3 Å². The number of carbonyl (C=O) groups excluding carboxylic acids is 4. The quantitative estimate of drug-likeness (QED) is 0.161. The maximum Gasteiger partial charge on any atom is 0.246 e. The number of amides is 4. The van der Waals surface area contributed by atoms with Crippen molar-refractivity contribution in [2.24, 2.45) is 23.7 Å². The largest absolute Gasteiger partial charge is 0.502 e. The number of phenols is 1. The van der Waals surface area contributed by atoms with Crippen LogP contribution in [0.2, 0.25) is 5.02 Å². The van der Waals surface area contributed by atoms with E-state index in [1.54, 1.807) is 66.7 Å². The van der Waals surface area contributed by atoms with Gasteiger partial charge in [0, 0.05) is 10.9 Å². The molecule has 3 fully saturated rings. The molecule has 4 amide bonds. The van der Waals surface area contributed by atoms with E-state index in [0.717, 1.165) is 11.1 Å². The molecule has 0 radical (unpaired) electrons. The maximum atomic E-state index is 15.4. The molecule has 0 bridgehead atoms. The van der Waals surface area contributed by atoms with Crippen LogP contribution in [0.15, 0.2) is 109 Å². The van der Waals surface area contributed by atoms with Gasteiger partial charge < -0.3 is 14.6 Å². The summed E-state index contributed by atoms with van der Waals surface area (Å²) in [4.78, 5) is 61.5. The van der Waals surface area contributed by atoms with Crippen molar-refractivity contribution in [2.75, 3.05) is 24.0 Å². The van der Waals surface area contributed by atoms with Crippen LogP contribution in [0.4, 0.5) is 11.4 Å². The van der Waals surface area contributed by atoms with Crippen molar-refractivity contribution in [3.8, 4) is 17.2 Å². The Morgan fingerprint density at radius 1 is 0.808 bits per heavy atom. The molecule has 1 saturated carbocycles. The summed E-state index contributed by atoms with van der Waals surface area (Å²) in [5.41, 5.74) is 2.11. The Balaban J connectivity index is 1.37. The molecule has 2 saturated heterocycles. The molecule has 4 aromatic rings. The van der Waals surface area contributed by atoms with Gasteiger partial charge >= 0.3 is 0 Å². The van der Waals surface area contributed by atoms with Crippen LogP contribution in [0.3, 0.4) is 0 Å². The zero-order valence-corrected chi connectivity index (χ0v) is 29.2. The van der Waals surface area contributed by atoms with Crippen LogP contribution in [0.25, 0.3) is 6.08 Å². The summed E-state index contributed by atoms with van der Waals surface area (Å²) in [6.07, 6.45) is 4.09. The number of benzene rings is 4. The second-order valence-corrected chi connectivity index (χ2v) is 14.1. The molecule has 0 unspecified atom stereocenters. The number of phenolic OH excluding ortho intramolecular Hbond substituents is 1. The van der Waals surface area contributed by atoms with Gasteiger partial charge in [-0.1, -0.05) is 84.4 Å². The van der Waals surface area contributed by atoms with E-state index in [0.29, 0.717) is 27.5 Å². The normalized spacial score (nSPS) is 26.4. The standard InChI is InChI=1S/C42H35ClN2O7/c1-4-23-13-15-27(16-14-23)44-38(47)30-18-17-29-31(35(30)40(44)49)22-32-39(48)45(28-12-8-11-26(43)21-28)41(50)42(32,25-9-6-5-7-10-25)36(29)24-19-33(51-2)37(46)34(20-24)52-3/h4-17,19-21,30-32,35-36,46H,1,18,22H2,2-3H3/t30-,31+,32-,35-,36-,42+/m0/s1. The molecule has 6 atom stereocenters. The average molecular weight is 715 g/mol. The Kier molecular flexibility index (Phi) is 8.06. The summed E-state index contributed by atoms with van der Waals surface area (Å²) in [5, 5.41) is 11.3. The van der Waals surface area contributed by atoms with Crippen molar-refractivity contribution >= 4 is 52.7 Å². The minimum absolute atomic E-state index is 0.121. The lowest BCUT2D eigenvalue weighted by molar-refractivity contribution is -0.127. The smallest absolute Gasteiger partial charge is 0.246 e. The topological polar surface area (TPSA) is 113 Å². The first-order valence-electron chi connectivity index (χ1n) is 17.1. The highest BCUT2D eigenvalue weighted by atomic mass is 35.5. The van der Waals surface area contributed by atoms with Crippen molar-refractivity contribution in [1.82, 2.24) is 0 Å². The van der Waals surface area contributed by atoms with Gasteiger partial charge in [0.25, 0.3) is 0 Å². The summed E-state index contributed by atoms with van der Waals surface area (Å²) in [7, 11) is 2.85. The first kappa shape index (κ1) is 33.5. The highest BCUT2D eigenvalue weighted by Gasteiger charge is 2.70. The van der Waals surface area contributed by atoms with Gasteiger partial charge in [-0.05, 0) is 77.9 Å². The van der Waals surface area contributed by atoms with Crippen LogP contribution in [-0.4, -0.2) is 43.0 Å². The summed E-state index contributed by atoms with van der Waals surface area (Å²) in [6, 6.07) is 26.3. The number of ether oxygens (including phenoxy) is 2. The SMILES string of the molecule is C=Cc1ccc(N2C(=O)[C@H]3[C@H](CC=C4[C@H]3C[C@H]3C(=O)N(c5cccc(Cl)c5)C(=O)[C@@]3(c3ccccc3)[C@H]4c3cc(OC)c(O)c(OC)c3)C2=O)cc1. The maximum absolute atomic E-state index is 15.4. The molecular formula is C42H35ClN2O7. The molecule has 2 aliphatic carbocycles. The number of hydrogen-bond donors (Lipinski definition) is 1. The number of anilines is 2. The molecule has 4 aliphatic rings. The third-order valence-corrected chi connectivity index (χ3v) is 11.6. The highest BCUT2D eigenvalue weighted by molar-refractivity contribution is 6.32. The predicted octanol–water partition coefficient (Wildman–Crippen LogP) is 7.07. The lowest BCUT2D eigenvalue weighted by Crippen LogP contribution is -2.53. The monoisotopic (exact) mass is 714 g/mol. The fourth-order valence-corrected chi connectivity index (χ4v) is 9.40. The first-order valence-corrected chi connectivity index (χ1v) is 17.5. The van der Waals surface area contributed by atoms with Gasteiger partial charge in [-0.15, -0.1) is 0 Å². The summed E-state index contributed by atoms with van der Waals surface area (Å²) in [5.74, 6) is -5.23. The minimum atomic E-state index is -1.49. The number of imide groups is 2. The Hall–Kier alpha value is -5.67. The van der Waals surface area contributed by atoms with Gasteiger partial charge in [0.15, 0.2) is 11.5 Å². The lowest BCUT2D eigenvalue weighted by atomic mass is 9.49. The highest BCUT2D eigenvalue weighted by Crippen LogP contribution is 2.65. The van der Waals surface area contributed by atoms with E-state index in [2.05, 4.69) is 6.58 Å². The second-order valence-electron chi connectivity index (χ2n) is 13.7. The molecule has 52 heavy (non-hydrogen) atoms. The van der Waals surface area contributed by atoms with Gasteiger partial charge in [0.05, 0.1) is 48.8 Å². The third kappa shape index (κ3) is 4.68. The molecule has 0 spiro atoms. The number of hydrogen-bond acceptors (Lipinski definition) is 7. The van der Waals surface area contributed by atoms with Crippen molar-refractivity contribution in [1.29, 1.82) is 0 Å². The van der Waals surface area contributed by atoms with Gasteiger partial charge in [-0.2, -0.15) is 0 Å². The molecular weight excluding hydrogens is 680 g/mol. The summed E-state index contributed by atoms with van der Waals surface area (Å²) >= 11 is 6.41. The van der Waals surface area contributed by atoms with E-state index in [-0.39, 0.29) is 41.9 Å². The molecule has 2 aliphatic heterocycles. The third-order valence-electron chi connectivity index (χ3n) is 11.4. The van der Waals surface area contributed by atoms with Crippen LogP contribution in [0, 0.1) is 23.7 Å². The van der Waals surface area contributed by atoms with Crippen molar-refractivity contribution in [3.05, 3.63) is 131 Å². The summed E-state index contributed by atoms with van der Waals surface area (Å²) < 4.78 is 11.2. The Morgan fingerprint density at radius 3 is 2.13 bits per heavy atom. The minimum Gasteiger partial charge on any atom is -0.502 e. The van der Waals surface area contributed by atoms with Crippen LogP contribution in [0.1, 0.15) is 35.4 Å². The zero-order chi connectivity index (χ0) is 36.5. The van der Waals surface area contributed by atoms with Gasteiger partial charge in [-0.25, -0.2) is 4.90 Å². The molecule has 1 N–H and O–H groups in total. The van der Waals surface area contributed by atoms with E-state index in [9.17, 15) is 19.5 Å². The van der Waals surface area contributed by atoms with Gasteiger partial charge in [0.1, 0.15) is 0 Å². The number of carbonyl (C=O) groups is 4. The molecule has 9 nitrogen and oxygen atoms in total. The average Bonchev–Trinajstić information content (AvgIpc) is 3.56. The van der Waals surface area contributed by atoms with E-state index in [1.807, 2.05) is 36.4 Å². The van der Waals surface area contributed by atoms with Crippen LogP contribution >= 0.6 is 11.6 Å². The van der Waals surface area contributed by atoms with E-state index in [4.69, 9.17) is 21.1 Å². The van der Waals surface area contributed by atoms with E-state index in [1.165, 1.54) is 24.0 Å². The van der Waals surface area contributed by atoms with Crippen molar-refractivity contribution in [3.63, 3.8) is 0 Å². The Labute approximate surface area is 305 Å². The number of methoxy groups -OCH3 is 2. The fraction of sp³-hybridized carbons (Fsp3) is 0.238. The molecule has 2 heterocycles. The van der Waals surface area contributed by atoms with Gasteiger partial charge in [-0.3, -0.25) is 24.1 Å². The summed E-state index contributed by atoms with van der Waals surface area (Å²) in [6.45, 7) is 3.80. The number of fused-ring (bicyclic) bond motifs is 4. The predicted molar refractivity (Wildman–Crippen MR) is 196 cm³/mol. The Morgan fingerprint density at radius 2 is 1.50 bits per heavy atom. The fourth-order valence-electron chi connectivity index (χ4n) is 9.21. The lowest BCUT2D eigenvalue weighted by Gasteiger charge is -2.50. The first-order chi connectivity index (χ1) is 25.1. The van der Waals surface area contributed by atoms with Crippen LogP contribution in [0.5, 0.6) is 17.2 Å². The van der Waals surface area contributed by atoms with E-state index >= 15 is 4.79 Å². The van der Waals surface area contributed by atoms with Crippen molar-refractivity contribution in [2.45, 2.75) is 24.2 Å². The zero-order valence-electron chi connectivity index (χ0n) is 28.5. The van der Waals surface area contributed by atoms with Crippen LogP contribution in [-0.2, 0) is 24.6 Å². The number of nitrogens with zero attached hydrogens (tertiary/aromatic N) is 2. The molecule has 0 aromatic heterocycles.